The second kappa shape index (κ2) is 7.93. The Hall–Kier alpha value is -3.56. The summed E-state index contributed by atoms with van der Waals surface area (Å²) in [6.07, 6.45) is 0.702. The van der Waals surface area contributed by atoms with E-state index in [0.717, 1.165) is 28.4 Å². The van der Waals surface area contributed by atoms with Crippen molar-refractivity contribution in [2.24, 2.45) is 0 Å². The Balaban J connectivity index is 1.31. The van der Waals surface area contributed by atoms with E-state index in [0.29, 0.717) is 36.7 Å². The number of thiophene rings is 1. The van der Waals surface area contributed by atoms with Crippen molar-refractivity contribution in [3.8, 4) is 22.0 Å². The fourth-order valence-electron chi connectivity index (χ4n) is 3.73. The average molecular weight is 434 g/mol. The largest absolute Gasteiger partial charge is 0.460 e. The number of benzene rings is 1. The van der Waals surface area contributed by atoms with Crippen molar-refractivity contribution in [3.05, 3.63) is 91.4 Å². The van der Waals surface area contributed by atoms with Gasteiger partial charge in [-0.2, -0.15) is 0 Å². The number of H-pyrrole nitrogens is 1. The maximum atomic E-state index is 12.7. The monoisotopic (exact) mass is 434 g/mol. The molecule has 0 atom stereocenters. The first-order valence-electron chi connectivity index (χ1n) is 9.78. The first-order chi connectivity index (χ1) is 15.1. The Labute approximate surface area is 181 Å². The van der Waals surface area contributed by atoms with Gasteiger partial charge in [-0.05, 0) is 35.7 Å². The third-order valence-corrected chi connectivity index (χ3v) is 6.18. The molecule has 0 saturated heterocycles. The number of rotatable bonds is 5. The van der Waals surface area contributed by atoms with Crippen LogP contribution >= 0.6 is 11.3 Å². The summed E-state index contributed by atoms with van der Waals surface area (Å²) in [5, 5.41) is 12.8. The van der Waals surface area contributed by atoms with Gasteiger partial charge in [-0.3, -0.25) is 19.8 Å². The first-order valence-corrected chi connectivity index (χ1v) is 10.7. The molecular formula is C22H18N4O4S. The third-order valence-electron chi connectivity index (χ3n) is 5.31. The molecule has 1 N–H and O–H groups in total. The highest BCUT2D eigenvalue weighted by Crippen LogP contribution is 2.27. The van der Waals surface area contributed by atoms with E-state index in [1.54, 1.807) is 23.5 Å². The van der Waals surface area contributed by atoms with Gasteiger partial charge < -0.3 is 9.40 Å². The third kappa shape index (κ3) is 3.92. The zero-order valence-electron chi connectivity index (χ0n) is 16.4. The van der Waals surface area contributed by atoms with Crippen molar-refractivity contribution in [1.82, 2.24) is 14.9 Å². The Morgan fingerprint density at radius 1 is 1.19 bits per heavy atom. The maximum Gasteiger partial charge on any atom is 0.269 e. The number of fused-ring (bicyclic) bond motifs is 1. The summed E-state index contributed by atoms with van der Waals surface area (Å²) in [5.74, 6) is 2.06. The van der Waals surface area contributed by atoms with Gasteiger partial charge in [-0.25, -0.2) is 4.98 Å². The molecule has 1 aromatic carbocycles. The highest BCUT2D eigenvalue weighted by atomic mass is 32.1. The zero-order chi connectivity index (χ0) is 21.4. The molecule has 31 heavy (non-hydrogen) atoms. The molecule has 8 nitrogen and oxygen atoms in total. The summed E-state index contributed by atoms with van der Waals surface area (Å²) < 4.78 is 5.95. The second-order valence-electron chi connectivity index (χ2n) is 7.35. The molecular weight excluding hydrogens is 416 g/mol. The molecule has 0 bridgehead atoms. The van der Waals surface area contributed by atoms with E-state index in [1.165, 1.54) is 12.1 Å². The standard InChI is InChI=1S/C22H18N4O4S/c27-22-17-13-25(10-9-18(17)23-21(24-22)20-2-1-11-31-20)12-16-7-8-19(30-16)14-3-5-15(6-4-14)26(28)29/h1-8,11H,9-10,12-13H2,(H,23,24,27). The molecule has 1 aliphatic heterocycles. The lowest BCUT2D eigenvalue weighted by Gasteiger charge is -2.26. The molecule has 4 aromatic rings. The number of non-ortho nitro benzene ring substituents is 1. The van der Waals surface area contributed by atoms with Gasteiger partial charge in [-0.1, -0.05) is 6.07 Å². The molecule has 0 unspecified atom stereocenters. The van der Waals surface area contributed by atoms with E-state index in [2.05, 4.69) is 14.9 Å². The lowest BCUT2D eigenvalue weighted by Crippen LogP contribution is -2.35. The summed E-state index contributed by atoms with van der Waals surface area (Å²) in [5.41, 5.74) is 2.29. The molecule has 5 rings (SSSR count). The predicted molar refractivity (Wildman–Crippen MR) is 117 cm³/mol. The minimum Gasteiger partial charge on any atom is -0.460 e. The molecule has 4 heterocycles. The fraction of sp³-hybridized carbons (Fsp3) is 0.182. The van der Waals surface area contributed by atoms with Gasteiger partial charge >= 0.3 is 0 Å². The lowest BCUT2D eigenvalue weighted by molar-refractivity contribution is -0.384. The van der Waals surface area contributed by atoms with Crippen LogP contribution in [0, 0.1) is 10.1 Å². The molecule has 156 valence electrons. The van der Waals surface area contributed by atoms with Crippen molar-refractivity contribution in [2.45, 2.75) is 19.5 Å². The summed E-state index contributed by atoms with van der Waals surface area (Å²) >= 11 is 1.55. The van der Waals surface area contributed by atoms with Crippen LogP contribution in [0.2, 0.25) is 0 Å². The first kappa shape index (κ1) is 19.4. The van der Waals surface area contributed by atoms with E-state index in [9.17, 15) is 14.9 Å². The highest BCUT2D eigenvalue weighted by molar-refractivity contribution is 7.13. The molecule has 0 aliphatic carbocycles. The Kier molecular flexibility index (Phi) is 4.97. The Bertz CT molecular complexity index is 1290. The van der Waals surface area contributed by atoms with Crippen molar-refractivity contribution in [1.29, 1.82) is 0 Å². The molecule has 0 fully saturated rings. The molecule has 0 amide bonds. The number of hydrogen-bond donors (Lipinski definition) is 1. The van der Waals surface area contributed by atoms with Gasteiger partial charge in [0.2, 0.25) is 0 Å². The van der Waals surface area contributed by atoms with Crippen LogP contribution in [0.1, 0.15) is 17.0 Å². The van der Waals surface area contributed by atoms with Crippen LogP contribution in [0.4, 0.5) is 5.69 Å². The van der Waals surface area contributed by atoms with Gasteiger partial charge in [-0.15, -0.1) is 11.3 Å². The number of nitro benzene ring substituents is 1. The molecule has 0 radical (unpaired) electrons. The molecule has 1 aliphatic rings. The smallest absolute Gasteiger partial charge is 0.269 e. The Morgan fingerprint density at radius 2 is 2.03 bits per heavy atom. The summed E-state index contributed by atoms with van der Waals surface area (Å²) in [7, 11) is 0. The summed E-state index contributed by atoms with van der Waals surface area (Å²) in [6, 6.07) is 13.9. The van der Waals surface area contributed by atoms with Gasteiger partial charge in [0.1, 0.15) is 11.5 Å². The van der Waals surface area contributed by atoms with Gasteiger partial charge in [0.15, 0.2) is 5.82 Å². The van der Waals surface area contributed by atoms with Crippen LogP contribution in [0.5, 0.6) is 0 Å². The number of aromatic nitrogens is 2. The van der Waals surface area contributed by atoms with E-state index in [1.807, 2.05) is 29.6 Å². The number of nitrogens with one attached hydrogen (secondary N) is 1. The van der Waals surface area contributed by atoms with E-state index < -0.39 is 4.92 Å². The summed E-state index contributed by atoms with van der Waals surface area (Å²) in [4.78, 5) is 33.7. The molecule has 9 heteroatoms. The molecule has 3 aromatic heterocycles. The van der Waals surface area contributed by atoms with E-state index >= 15 is 0 Å². The minimum absolute atomic E-state index is 0.0450. The van der Waals surface area contributed by atoms with E-state index in [4.69, 9.17) is 4.42 Å². The van der Waals surface area contributed by atoms with Crippen LogP contribution in [0.15, 0.2) is 63.1 Å². The van der Waals surface area contributed by atoms with Crippen molar-refractivity contribution in [2.75, 3.05) is 6.54 Å². The fourth-order valence-corrected chi connectivity index (χ4v) is 4.40. The van der Waals surface area contributed by atoms with Crippen molar-refractivity contribution in [3.63, 3.8) is 0 Å². The number of nitro groups is 1. The SMILES string of the molecule is O=c1[nH]c(-c2cccs2)nc2c1CN(Cc1ccc(-c3ccc([N+](=O)[O-])cc3)o1)CC2. The normalized spacial score (nSPS) is 13.8. The number of nitrogens with zero attached hydrogens (tertiary/aromatic N) is 3. The molecule has 0 spiro atoms. The minimum atomic E-state index is -0.425. The van der Waals surface area contributed by atoms with Crippen LogP contribution in [-0.2, 0) is 19.5 Å². The van der Waals surface area contributed by atoms with Gasteiger partial charge in [0.05, 0.1) is 27.6 Å². The van der Waals surface area contributed by atoms with Gasteiger partial charge in [0.25, 0.3) is 11.2 Å². The van der Waals surface area contributed by atoms with Crippen molar-refractivity contribution < 1.29 is 9.34 Å². The number of furan rings is 1. The molecule has 0 saturated carbocycles. The Morgan fingerprint density at radius 3 is 2.77 bits per heavy atom. The quantitative estimate of drug-likeness (QED) is 0.372. The number of hydrogen-bond acceptors (Lipinski definition) is 7. The van der Waals surface area contributed by atoms with Crippen LogP contribution in [-0.4, -0.2) is 26.3 Å². The van der Waals surface area contributed by atoms with Crippen LogP contribution in [0.3, 0.4) is 0 Å². The highest BCUT2D eigenvalue weighted by Gasteiger charge is 2.22. The summed E-state index contributed by atoms with van der Waals surface area (Å²) in [6.45, 7) is 1.86. The van der Waals surface area contributed by atoms with Gasteiger partial charge in [0, 0.05) is 37.2 Å². The topological polar surface area (TPSA) is 105 Å². The van der Waals surface area contributed by atoms with Crippen molar-refractivity contribution >= 4 is 17.0 Å². The van der Waals surface area contributed by atoms with E-state index in [-0.39, 0.29) is 11.2 Å². The second-order valence-corrected chi connectivity index (χ2v) is 8.30. The zero-order valence-corrected chi connectivity index (χ0v) is 17.2. The number of aromatic amines is 1. The lowest BCUT2D eigenvalue weighted by atomic mass is 10.1. The average Bonchev–Trinajstić information content (AvgIpc) is 3.47. The predicted octanol–water partition coefficient (Wildman–Crippen LogP) is 4.22. The van der Waals surface area contributed by atoms with Crippen LogP contribution in [0.25, 0.3) is 22.0 Å². The maximum absolute atomic E-state index is 12.7. The van der Waals surface area contributed by atoms with Crippen LogP contribution < -0.4 is 5.56 Å².